The zero-order chi connectivity index (χ0) is 10.5. The first-order valence-electron chi connectivity index (χ1n) is 6.46. The van der Waals surface area contributed by atoms with E-state index in [1.807, 2.05) is 0 Å². The van der Waals surface area contributed by atoms with E-state index in [-0.39, 0.29) is 0 Å². The second kappa shape index (κ2) is 5.83. The summed E-state index contributed by atoms with van der Waals surface area (Å²) in [5.74, 6) is 0. The Bertz CT molecular complexity index is 172. The van der Waals surface area contributed by atoms with Crippen molar-refractivity contribution in [2.75, 3.05) is 32.8 Å². The van der Waals surface area contributed by atoms with Crippen LogP contribution in [0.25, 0.3) is 0 Å². The molecule has 0 radical (unpaired) electrons. The van der Waals surface area contributed by atoms with E-state index in [2.05, 4.69) is 17.1 Å². The van der Waals surface area contributed by atoms with Crippen molar-refractivity contribution in [3.63, 3.8) is 0 Å². The van der Waals surface area contributed by atoms with E-state index < -0.39 is 0 Å². The van der Waals surface area contributed by atoms with Gasteiger partial charge in [-0.2, -0.15) is 0 Å². The van der Waals surface area contributed by atoms with Crippen LogP contribution in [-0.4, -0.2) is 49.8 Å². The van der Waals surface area contributed by atoms with Crippen LogP contribution in [0.4, 0.5) is 0 Å². The molecule has 3 heteroatoms. The Balaban J connectivity index is 1.67. The summed E-state index contributed by atoms with van der Waals surface area (Å²) in [6.07, 6.45) is 5.48. The largest absolute Gasteiger partial charge is 0.378 e. The maximum Gasteiger partial charge on any atom is 0.0599 e. The van der Waals surface area contributed by atoms with Crippen molar-refractivity contribution in [3.05, 3.63) is 0 Å². The fourth-order valence-corrected chi connectivity index (χ4v) is 2.64. The van der Waals surface area contributed by atoms with Gasteiger partial charge in [-0.1, -0.05) is 6.92 Å². The van der Waals surface area contributed by atoms with Crippen LogP contribution in [0.3, 0.4) is 0 Å². The van der Waals surface area contributed by atoms with Crippen molar-refractivity contribution in [3.8, 4) is 0 Å². The fourth-order valence-electron chi connectivity index (χ4n) is 2.64. The van der Waals surface area contributed by atoms with Crippen LogP contribution < -0.4 is 5.32 Å². The average molecular weight is 212 g/mol. The highest BCUT2D eigenvalue weighted by molar-refractivity contribution is 4.84. The smallest absolute Gasteiger partial charge is 0.0599 e. The number of likely N-dealkylation sites (tertiary alicyclic amines) is 1. The number of rotatable bonds is 4. The molecule has 0 spiro atoms. The molecule has 0 bridgehead atoms. The van der Waals surface area contributed by atoms with Gasteiger partial charge in [0.1, 0.15) is 0 Å². The lowest BCUT2D eigenvalue weighted by atomic mass is 10.0. The maximum absolute atomic E-state index is 5.80. The Hall–Kier alpha value is -0.120. The molecule has 2 heterocycles. The van der Waals surface area contributed by atoms with Gasteiger partial charge in [-0.05, 0) is 32.2 Å². The molecule has 1 atom stereocenters. The van der Waals surface area contributed by atoms with Gasteiger partial charge in [0.05, 0.1) is 6.10 Å². The lowest BCUT2D eigenvalue weighted by Crippen LogP contribution is -2.44. The molecular formula is C12H24N2O. The van der Waals surface area contributed by atoms with Crippen molar-refractivity contribution >= 4 is 0 Å². The van der Waals surface area contributed by atoms with Crippen molar-refractivity contribution in [2.45, 2.75) is 44.8 Å². The first-order valence-corrected chi connectivity index (χ1v) is 6.46. The highest BCUT2D eigenvalue weighted by Crippen LogP contribution is 2.18. The molecule has 0 aromatic carbocycles. The summed E-state index contributed by atoms with van der Waals surface area (Å²) in [6.45, 7) is 7.99. The minimum atomic E-state index is 0.538. The number of hydrogen-bond acceptors (Lipinski definition) is 3. The molecule has 2 rings (SSSR count). The first-order chi connectivity index (χ1) is 7.40. The molecule has 2 aliphatic heterocycles. The third-order valence-electron chi connectivity index (χ3n) is 3.58. The molecule has 2 aliphatic rings. The normalized spacial score (nSPS) is 29.8. The van der Waals surface area contributed by atoms with Gasteiger partial charge in [-0.3, -0.25) is 4.90 Å². The third kappa shape index (κ3) is 3.16. The Morgan fingerprint density at radius 2 is 2.07 bits per heavy atom. The molecule has 1 N–H and O–H groups in total. The quantitative estimate of drug-likeness (QED) is 0.759. The van der Waals surface area contributed by atoms with Crippen molar-refractivity contribution < 1.29 is 4.74 Å². The van der Waals surface area contributed by atoms with Crippen LogP contribution in [-0.2, 0) is 4.74 Å². The highest BCUT2D eigenvalue weighted by Gasteiger charge is 2.26. The zero-order valence-electron chi connectivity index (χ0n) is 9.87. The minimum Gasteiger partial charge on any atom is -0.378 e. The van der Waals surface area contributed by atoms with Crippen LogP contribution in [0.2, 0.25) is 0 Å². The molecule has 0 aromatic rings. The van der Waals surface area contributed by atoms with Gasteiger partial charge < -0.3 is 10.1 Å². The van der Waals surface area contributed by atoms with Crippen molar-refractivity contribution in [2.24, 2.45) is 0 Å². The molecule has 15 heavy (non-hydrogen) atoms. The second-order valence-corrected chi connectivity index (χ2v) is 4.75. The predicted molar refractivity (Wildman–Crippen MR) is 62.1 cm³/mol. The predicted octanol–water partition coefficient (Wildman–Crippen LogP) is 1.24. The maximum atomic E-state index is 5.80. The van der Waals surface area contributed by atoms with E-state index in [1.165, 1.54) is 45.4 Å². The summed E-state index contributed by atoms with van der Waals surface area (Å²) in [6, 6.07) is 0.803. The molecule has 1 unspecified atom stereocenters. The van der Waals surface area contributed by atoms with E-state index in [0.717, 1.165) is 19.1 Å². The summed E-state index contributed by atoms with van der Waals surface area (Å²) >= 11 is 0. The first kappa shape index (κ1) is 11.4. The molecule has 0 aromatic heterocycles. The zero-order valence-corrected chi connectivity index (χ0v) is 9.87. The Morgan fingerprint density at radius 1 is 1.27 bits per heavy atom. The standard InChI is InChI=1S/C12H24N2O/c1-2-9-15-12-4-7-14(8-5-12)11-3-6-13-10-11/h11-13H,2-10H2,1H3. The third-order valence-corrected chi connectivity index (χ3v) is 3.58. The Morgan fingerprint density at radius 3 is 2.67 bits per heavy atom. The highest BCUT2D eigenvalue weighted by atomic mass is 16.5. The Kier molecular flexibility index (Phi) is 4.42. The van der Waals surface area contributed by atoms with E-state index >= 15 is 0 Å². The molecule has 88 valence electrons. The van der Waals surface area contributed by atoms with Crippen LogP contribution in [0.5, 0.6) is 0 Å². The average Bonchev–Trinajstić information content (AvgIpc) is 2.80. The topological polar surface area (TPSA) is 24.5 Å². The van der Waals surface area contributed by atoms with Gasteiger partial charge in [0, 0.05) is 32.3 Å². The molecule has 0 amide bonds. The van der Waals surface area contributed by atoms with Crippen LogP contribution in [0, 0.1) is 0 Å². The van der Waals surface area contributed by atoms with Crippen LogP contribution >= 0.6 is 0 Å². The van der Waals surface area contributed by atoms with Gasteiger partial charge >= 0.3 is 0 Å². The van der Waals surface area contributed by atoms with Crippen molar-refractivity contribution in [1.82, 2.24) is 10.2 Å². The number of nitrogens with zero attached hydrogens (tertiary/aromatic N) is 1. The molecule has 0 aliphatic carbocycles. The summed E-state index contributed by atoms with van der Waals surface area (Å²) < 4.78 is 5.80. The summed E-state index contributed by atoms with van der Waals surface area (Å²) in [5, 5.41) is 3.44. The SMILES string of the molecule is CCCOC1CCN(C2CCNC2)CC1. The van der Waals surface area contributed by atoms with Gasteiger partial charge in [-0.15, -0.1) is 0 Å². The molecular weight excluding hydrogens is 188 g/mol. The molecule has 3 nitrogen and oxygen atoms in total. The van der Waals surface area contributed by atoms with Crippen molar-refractivity contribution in [1.29, 1.82) is 0 Å². The van der Waals surface area contributed by atoms with Gasteiger partial charge in [0.2, 0.25) is 0 Å². The second-order valence-electron chi connectivity index (χ2n) is 4.75. The van der Waals surface area contributed by atoms with E-state index in [9.17, 15) is 0 Å². The lowest BCUT2D eigenvalue weighted by molar-refractivity contribution is 0.000247. The van der Waals surface area contributed by atoms with Crippen LogP contribution in [0.1, 0.15) is 32.6 Å². The van der Waals surface area contributed by atoms with Gasteiger partial charge in [0.25, 0.3) is 0 Å². The Labute approximate surface area is 93.2 Å². The van der Waals surface area contributed by atoms with Crippen LogP contribution in [0.15, 0.2) is 0 Å². The monoisotopic (exact) mass is 212 g/mol. The number of nitrogens with one attached hydrogen (secondary N) is 1. The van der Waals surface area contributed by atoms with E-state index in [1.54, 1.807) is 0 Å². The molecule has 0 saturated carbocycles. The number of piperidine rings is 1. The minimum absolute atomic E-state index is 0.538. The molecule has 2 fully saturated rings. The number of ether oxygens (including phenoxy) is 1. The summed E-state index contributed by atoms with van der Waals surface area (Å²) in [7, 11) is 0. The lowest BCUT2D eigenvalue weighted by Gasteiger charge is -2.35. The molecule has 2 saturated heterocycles. The summed E-state index contributed by atoms with van der Waals surface area (Å²) in [4.78, 5) is 2.64. The van der Waals surface area contributed by atoms with Gasteiger partial charge in [0.15, 0.2) is 0 Å². The van der Waals surface area contributed by atoms with Gasteiger partial charge in [-0.25, -0.2) is 0 Å². The number of hydrogen-bond donors (Lipinski definition) is 1. The van der Waals surface area contributed by atoms with E-state index in [0.29, 0.717) is 6.10 Å². The van der Waals surface area contributed by atoms with E-state index in [4.69, 9.17) is 4.74 Å². The summed E-state index contributed by atoms with van der Waals surface area (Å²) in [5.41, 5.74) is 0. The fraction of sp³-hybridized carbons (Fsp3) is 1.00.